The summed E-state index contributed by atoms with van der Waals surface area (Å²) in [4.78, 5) is 32.6. The van der Waals surface area contributed by atoms with Crippen LogP contribution < -0.4 is 25.8 Å². The van der Waals surface area contributed by atoms with E-state index >= 15 is 0 Å². The first-order valence-electron chi connectivity index (χ1n) is 12.3. The number of benzene rings is 2. The Balaban J connectivity index is 1.07. The molecule has 34 heavy (non-hydrogen) atoms. The van der Waals surface area contributed by atoms with Crippen molar-refractivity contribution < 1.29 is 9.59 Å². The van der Waals surface area contributed by atoms with Gasteiger partial charge in [0, 0.05) is 81.5 Å². The molecule has 3 amide bonds. The standard InChI is InChI=1S/C26H34N6O2/c27-21-1-3-22(4-2-21)30-12-9-20(10-13-30)19-29-15-17-31(18-16-29)23-5-7-24(8-6-23)32-14-11-25(33)28-26(32)34/h1-8,20H,9-19,27H2,(H,28,33,34). The third-order valence-electron chi connectivity index (χ3n) is 7.34. The highest BCUT2D eigenvalue weighted by Gasteiger charge is 2.26. The first-order chi connectivity index (χ1) is 16.5. The number of nitrogen functional groups attached to an aromatic ring is 1. The maximum atomic E-state index is 12.1. The van der Waals surface area contributed by atoms with Crippen molar-refractivity contribution in [1.29, 1.82) is 0 Å². The van der Waals surface area contributed by atoms with E-state index in [1.165, 1.54) is 30.8 Å². The lowest BCUT2D eigenvalue weighted by Crippen LogP contribution is -2.49. The molecule has 3 aliphatic heterocycles. The van der Waals surface area contributed by atoms with Crippen molar-refractivity contribution in [3.05, 3.63) is 48.5 Å². The molecule has 2 aromatic carbocycles. The number of carbonyl (C=O) groups excluding carboxylic acids is 2. The van der Waals surface area contributed by atoms with Crippen LogP contribution in [0.1, 0.15) is 19.3 Å². The van der Waals surface area contributed by atoms with Crippen molar-refractivity contribution in [3.8, 4) is 0 Å². The molecule has 8 heteroatoms. The van der Waals surface area contributed by atoms with Gasteiger partial charge in [-0.25, -0.2) is 4.79 Å². The molecule has 180 valence electrons. The van der Waals surface area contributed by atoms with Crippen LogP contribution >= 0.6 is 0 Å². The van der Waals surface area contributed by atoms with Gasteiger partial charge < -0.3 is 15.5 Å². The van der Waals surface area contributed by atoms with Crippen LogP contribution in [0.5, 0.6) is 0 Å². The van der Waals surface area contributed by atoms with Crippen LogP contribution in [0.15, 0.2) is 48.5 Å². The monoisotopic (exact) mass is 462 g/mol. The van der Waals surface area contributed by atoms with E-state index < -0.39 is 0 Å². The molecule has 0 saturated carbocycles. The lowest BCUT2D eigenvalue weighted by Gasteiger charge is -2.40. The van der Waals surface area contributed by atoms with Crippen molar-refractivity contribution in [2.24, 2.45) is 5.92 Å². The largest absolute Gasteiger partial charge is 0.399 e. The molecule has 3 saturated heterocycles. The van der Waals surface area contributed by atoms with Gasteiger partial charge in [-0.05, 0) is 67.3 Å². The predicted octanol–water partition coefficient (Wildman–Crippen LogP) is 2.75. The highest BCUT2D eigenvalue weighted by atomic mass is 16.2. The minimum Gasteiger partial charge on any atom is -0.399 e. The molecule has 0 aliphatic carbocycles. The quantitative estimate of drug-likeness (QED) is 0.665. The average molecular weight is 463 g/mol. The minimum absolute atomic E-state index is 0.205. The molecular weight excluding hydrogens is 428 g/mol. The van der Waals surface area contributed by atoms with E-state index in [4.69, 9.17) is 5.73 Å². The Bertz CT molecular complexity index is 993. The Morgan fingerprint density at radius 2 is 1.29 bits per heavy atom. The molecule has 0 atom stereocenters. The van der Waals surface area contributed by atoms with Gasteiger partial charge in [-0.3, -0.25) is 19.9 Å². The highest BCUT2D eigenvalue weighted by molar-refractivity contribution is 6.05. The molecule has 5 rings (SSSR count). The molecule has 0 aromatic heterocycles. The van der Waals surface area contributed by atoms with Crippen molar-refractivity contribution in [2.45, 2.75) is 19.3 Å². The van der Waals surface area contributed by atoms with E-state index in [1.54, 1.807) is 4.90 Å². The van der Waals surface area contributed by atoms with Crippen molar-refractivity contribution >= 4 is 34.7 Å². The number of hydrogen-bond donors (Lipinski definition) is 2. The molecule has 0 bridgehead atoms. The zero-order valence-corrected chi connectivity index (χ0v) is 19.7. The van der Waals surface area contributed by atoms with Gasteiger partial charge in [0.25, 0.3) is 0 Å². The second-order valence-corrected chi connectivity index (χ2v) is 9.58. The van der Waals surface area contributed by atoms with Gasteiger partial charge in [0.05, 0.1) is 0 Å². The molecule has 0 radical (unpaired) electrons. The van der Waals surface area contributed by atoms with Crippen molar-refractivity contribution in [3.63, 3.8) is 0 Å². The Kier molecular flexibility index (Phi) is 6.58. The van der Waals surface area contributed by atoms with E-state index in [2.05, 4.69) is 44.3 Å². The number of imide groups is 1. The van der Waals surface area contributed by atoms with E-state index in [0.717, 1.165) is 56.6 Å². The number of nitrogens with two attached hydrogens (primary N) is 1. The minimum atomic E-state index is -0.336. The predicted molar refractivity (Wildman–Crippen MR) is 136 cm³/mol. The highest BCUT2D eigenvalue weighted by Crippen LogP contribution is 2.26. The number of urea groups is 1. The molecule has 3 heterocycles. The van der Waals surface area contributed by atoms with E-state index in [9.17, 15) is 9.59 Å². The van der Waals surface area contributed by atoms with E-state index in [0.29, 0.717) is 13.0 Å². The van der Waals surface area contributed by atoms with Crippen molar-refractivity contribution in [1.82, 2.24) is 10.2 Å². The summed E-state index contributed by atoms with van der Waals surface area (Å²) in [7, 11) is 0. The first kappa shape index (κ1) is 22.5. The summed E-state index contributed by atoms with van der Waals surface area (Å²) in [6, 6.07) is 16.0. The molecule has 0 spiro atoms. The second kappa shape index (κ2) is 9.93. The van der Waals surface area contributed by atoms with Crippen LogP contribution in [0.4, 0.5) is 27.5 Å². The topological polar surface area (TPSA) is 85.2 Å². The fraction of sp³-hybridized carbons (Fsp3) is 0.462. The van der Waals surface area contributed by atoms with Crippen LogP contribution in [0.2, 0.25) is 0 Å². The molecule has 2 aromatic rings. The second-order valence-electron chi connectivity index (χ2n) is 9.58. The van der Waals surface area contributed by atoms with E-state index in [1.807, 2.05) is 24.3 Å². The zero-order valence-electron chi connectivity index (χ0n) is 19.7. The lowest BCUT2D eigenvalue weighted by molar-refractivity contribution is -0.120. The Hall–Kier alpha value is -3.26. The summed E-state index contributed by atoms with van der Waals surface area (Å²) in [5.74, 6) is 0.557. The summed E-state index contributed by atoms with van der Waals surface area (Å²) in [5.41, 5.74) is 9.94. The number of piperazine rings is 1. The van der Waals surface area contributed by atoms with Gasteiger partial charge in [0.1, 0.15) is 0 Å². The number of amides is 3. The van der Waals surface area contributed by atoms with Crippen LogP contribution in [0.3, 0.4) is 0 Å². The fourth-order valence-corrected chi connectivity index (χ4v) is 5.27. The molecule has 3 fully saturated rings. The van der Waals surface area contributed by atoms with Crippen LogP contribution in [-0.4, -0.2) is 69.2 Å². The van der Waals surface area contributed by atoms with Gasteiger partial charge in [0.15, 0.2) is 0 Å². The van der Waals surface area contributed by atoms with Gasteiger partial charge in [-0.1, -0.05) is 0 Å². The number of nitrogens with one attached hydrogen (secondary N) is 1. The van der Waals surface area contributed by atoms with Gasteiger partial charge in [-0.2, -0.15) is 0 Å². The molecular formula is C26H34N6O2. The van der Waals surface area contributed by atoms with Gasteiger partial charge >= 0.3 is 6.03 Å². The van der Waals surface area contributed by atoms with Crippen LogP contribution in [-0.2, 0) is 4.79 Å². The smallest absolute Gasteiger partial charge is 0.328 e. The van der Waals surface area contributed by atoms with Crippen LogP contribution in [0, 0.1) is 5.92 Å². The SMILES string of the molecule is Nc1ccc(N2CCC(CN3CCN(c4ccc(N5CCC(=O)NC5=O)cc4)CC3)CC2)cc1. The average Bonchev–Trinajstić information content (AvgIpc) is 2.86. The summed E-state index contributed by atoms with van der Waals surface area (Å²) < 4.78 is 0. The van der Waals surface area contributed by atoms with Gasteiger partial charge in [0.2, 0.25) is 5.91 Å². The normalized spacial score (nSPS) is 20.5. The van der Waals surface area contributed by atoms with Gasteiger partial charge in [-0.15, -0.1) is 0 Å². The molecule has 3 N–H and O–H groups in total. The fourth-order valence-electron chi connectivity index (χ4n) is 5.27. The first-order valence-corrected chi connectivity index (χ1v) is 12.3. The maximum absolute atomic E-state index is 12.1. The number of anilines is 4. The summed E-state index contributed by atoms with van der Waals surface area (Å²) in [5, 5.41) is 2.38. The number of carbonyl (C=O) groups is 2. The third-order valence-corrected chi connectivity index (χ3v) is 7.34. The lowest BCUT2D eigenvalue weighted by atomic mass is 9.95. The summed E-state index contributed by atoms with van der Waals surface area (Å²) in [6.45, 7) is 8.04. The van der Waals surface area contributed by atoms with E-state index in [-0.39, 0.29) is 11.9 Å². The Morgan fingerprint density at radius 1 is 0.735 bits per heavy atom. The Morgan fingerprint density at radius 3 is 1.91 bits per heavy atom. The molecule has 8 nitrogen and oxygen atoms in total. The molecule has 3 aliphatic rings. The maximum Gasteiger partial charge on any atom is 0.328 e. The summed E-state index contributed by atoms with van der Waals surface area (Å²) in [6.07, 6.45) is 2.82. The Labute approximate surface area is 201 Å². The number of piperidine rings is 1. The molecule has 0 unspecified atom stereocenters. The number of nitrogens with zero attached hydrogens (tertiary/aromatic N) is 4. The van der Waals surface area contributed by atoms with Crippen molar-refractivity contribution in [2.75, 3.05) is 72.8 Å². The third kappa shape index (κ3) is 5.12. The number of rotatable bonds is 5. The van der Waals surface area contributed by atoms with Crippen LogP contribution in [0.25, 0.3) is 0 Å². The summed E-state index contributed by atoms with van der Waals surface area (Å²) >= 11 is 0. The number of hydrogen-bond acceptors (Lipinski definition) is 6. The zero-order chi connectivity index (χ0) is 23.5.